The van der Waals surface area contributed by atoms with Gasteiger partial charge in [0.2, 0.25) is 0 Å². The van der Waals surface area contributed by atoms with Crippen LogP contribution in [0.1, 0.15) is 20.3 Å². The van der Waals surface area contributed by atoms with Crippen LogP contribution in [0.3, 0.4) is 0 Å². The van der Waals surface area contributed by atoms with E-state index < -0.39 is 0 Å². The highest BCUT2D eigenvalue weighted by Crippen LogP contribution is 2.00. The van der Waals surface area contributed by atoms with Gasteiger partial charge >= 0.3 is 0 Å². The van der Waals surface area contributed by atoms with Crippen molar-refractivity contribution in [1.82, 2.24) is 0 Å². The maximum absolute atomic E-state index is 3.20. The first-order chi connectivity index (χ1) is 3.27. The normalized spacial score (nSPS) is 11.4. The molecule has 0 aromatic heterocycles. The third-order valence-corrected chi connectivity index (χ3v) is 1.07. The molecule has 0 heterocycles. The van der Waals surface area contributed by atoms with E-state index in [9.17, 15) is 0 Å². The lowest BCUT2D eigenvalue weighted by Gasteiger charge is -1.93. The van der Waals surface area contributed by atoms with Gasteiger partial charge in [0, 0.05) is 0 Å². The first kappa shape index (κ1) is 7.22. The van der Waals surface area contributed by atoms with Crippen molar-refractivity contribution in [3.05, 3.63) is 11.1 Å². The molecule has 0 bridgehead atoms. The van der Waals surface area contributed by atoms with Crippen molar-refractivity contribution < 1.29 is 0 Å². The second-order valence-corrected chi connectivity index (χ2v) is 2.52. The van der Waals surface area contributed by atoms with E-state index >= 15 is 0 Å². The van der Waals surface area contributed by atoms with Gasteiger partial charge in [-0.1, -0.05) is 35.9 Å². The fourth-order valence-electron chi connectivity index (χ4n) is 0.324. The van der Waals surface area contributed by atoms with Crippen LogP contribution in [0.15, 0.2) is 11.1 Å². The van der Waals surface area contributed by atoms with Gasteiger partial charge in [-0.05, 0) is 17.3 Å². The first-order valence-corrected chi connectivity index (χ1v) is 3.44. The van der Waals surface area contributed by atoms with Crippen LogP contribution < -0.4 is 0 Å². The van der Waals surface area contributed by atoms with Crippen LogP contribution in [0.5, 0.6) is 0 Å². The molecule has 0 N–H and O–H groups in total. The quantitative estimate of drug-likeness (QED) is 0.587. The number of hydrogen-bond donors (Lipinski definition) is 0. The lowest BCUT2D eigenvalue weighted by Crippen LogP contribution is -1.79. The van der Waals surface area contributed by atoms with Crippen molar-refractivity contribution in [3.63, 3.8) is 0 Å². The van der Waals surface area contributed by atoms with Gasteiger partial charge in [0.05, 0.1) is 0 Å². The van der Waals surface area contributed by atoms with Crippen LogP contribution in [-0.4, -0.2) is 0 Å². The topological polar surface area (TPSA) is 0 Å². The van der Waals surface area contributed by atoms with Crippen molar-refractivity contribution in [1.29, 1.82) is 0 Å². The minimum absolute atomic E-state index is 0.786. The van der Waals surface area contributed by atoms with Crippen molar-refractivity contribution >= 4 is 15.9 Å². The van der Waals surface area contributed by atoms with Gasteiger partial charge in [-0.3, -0.25) is 0 Å². The molecule has 0 atom stereocenters. The highest BCUT2D eigenvalue weighted by molar-refractivity contribution is 9.11. The summed E-state index contributed by atoms with van der Waals surface area (Å²) in [6.07, 6.45) is 3.29. The Morgan fingerprint density at radius 1 is 1.57 bits per heavy atom. The summed E-state index contributed by atoms with van der Waals surface area (Å²) in [6.45, 7) is 4.40. The van der Waals surface area contributed by atoms with Gasteiger partial charge < -0.3 is 0 Å². The predicted octanol–water partition coefficient (Wildman–Crippen LogP) is 2.94. The van der Waals surface area contributed by atoms with E-state index in [4.69, 9.17) is 0 Å². The van der Waals surface area contributed by atoms with Crippen LogP contribution >= 0.6 is 15.9 Å². The molecule has 0 aromatic carbocycles. The SMILES string of the molecule is CC(C)C/C=C/Br. The molecule has 0 amide bonds. The third-order valence-electron chi connectivity index (χ3n) is 0.697. The molecular weight excluding hydrogens is 152 g/mol. The molecule has 42 valence electrons. The smallest absolute Gasteiger partial charge is 0.0229 e. The van der Waals surface area contributed by atoms with Crippen molar-refractivity contribution in [2.75, 3.05) is 0 Å². The molecule has 0 aliphatic heterocycles. The Morgan fingerprint density at radius 2 is 2.14 bits per heavy atom. The van der Waals surface area contributed by atoms with Crippen molar-refractivity contribution in [3.8, 4) is 0 Å². The van der Waals surface area contributed by atoms with E-state index in [0.29, 0.717) is 0 Å². The minimum atomic E-state index is 0.786. The Balaban J connectivity index is 2.97. The molecule has 0 fully saturated rings. The Morgan fingerprint density at radius 3 is 2.29 bits per heavy atom. The fourth-order valence-corrected chi connectivity index (χ4v) is 0.539. The average Bonchev–Trinajstić information content (AvgIpc) is 1.61. The summed E-state index contributed by atoms with van der Waals surface area (Å²) in [4.78, 5) is 1.91. The third kappa shape index (κ3) is 6.22. The molecule has 0 saturated carbocycles. The highest BCUT2D eigenvalue weighted by Gasteiger charge is 1.84. The Labute approximate surface area is 53.7 Å². The summed E-state index contributed by atoms with van der Waals surface area (Å²) in [5.41, 5.74) is 0. The molecular formula is C6H11Br. The maximum atomic E-state index is 3.20. The molecule has 0 spiro atoms. The van der Waals surface area contributed by atoms with Gasteiger partial charge in [-0.25, -0.2) is 0 Å². The van der Waals surface area contributed by atoms with Gasteiger partial charge in [0.1, 0.15) is 0 Å². The summed E-state index contributed by atoms with van der Waals surface area (Å²) in [7, 11) is 0. The van der Waals surface area contributed by atoms with Crippen molar-refractivity contribution in [2.24, 2.45) is 5.92 Å². The largest absolute Gasteiger partial charge is 0.0773 e. The Bertz CT molecular complexity index is 55.2. The van der Waals surface area contributed by atoms with E-state index in [0.717, 1.165) is 5.92 Å². The van der Waals surface area contributed by atoms with Crippen LogP contribution in [0, 0.1) is 5.92 Å². The summed E-state index contributed by atoms with van der Waals surface area (Å²) < 4.78 is 0. The maximum Gasteiger partial charge on any atom is -0.0229 e. The average molecular weight is 163 g/mol. The molecule has 0 nitrogen and oxygen atoms in total. The number of halogens is 1. The summed E-state index contributed by atoms with van der Waals surface area (Å²) in [5.74, 6) is 0.786. The first-order valence-electron chi connectivity index (χ1n) is 2.52. The zero-order chi connectivity index (χ0) is 5.70. The van der Waals surface area contributed by atoms with E-state index in [1.807, 2.05) is 4.99 Å². The van der Waals surface area contributed by atoms with Gasteiger partial charge in [-0.15, -0.1) is 0 Å². The zero-order valence-corrected chi connectivity index (χ0v) is 6.40. The molecule has 1 heteroatoms. The number of allylic oxidation sites excluding steroid dienone is 1. The summed E-state index contributed by atoms with van der Waals surface area (Å²) in [5, 5.41) is 0. The molecule has 0 aliphatic carbocycles. The molecule has 0 aliphatic rings. The van der Waals surface area contributed by atoms with Gasteiger partial charge in [0.15, 0.2) is 0 Å². The van der Waals surface area contributed by atoms with Gasteiger partial charge in [-0.2, -0.15) is 0 Å². The standard InChI is InChI=1S/C6H11Br/c1-6(2)4-3-5-7/h3,5-6H,4H2,1-2H3/b5-3+. The lowest BCUT2D eigenvalue weighted by molar-refractivity contribution is 0.664. The van der Waals surface area contributed by atoms with E-state index in [1.54, 1.807) is 0 Å². The van der Waals surface area contributed by atoms with E-state index in [-0.39, 0.29) is 0 Å². The Hall–Kier alpha value is 0.220. The highest BCUT2D eigenvalue weighted by atomic mass is 79.9. The second kappa shape index (κ2) is 4.38. The Kier molecular flexibility index (Phi) is 4.52. The van der Waals surface area contributed by atoms with Crippen LogP contribution in [0.4, 0.5) is 0 Å². The number of rotatable bonds is 2. The zero-order valence-electron chi connectivity index (χ0n) is 4.82. The molecule has 0 aromatic rings. The minimum Gasteiger partial charge on any atom is -0.0773 e. The monoisotopic (exact) mass is 162 g/mol. The van der Waals surface area contributed by atoms with Crippen LogP contribution in [0.2, 0.25) is 0 Å². The second-order valence-electron chi connectivity index (χ2n) is 1.99. The fraction of sp³-hybridized carbons (Fsp3) is 0.667. The molecule has 0 radical (unpaired) electrons. The van der Waals surface area contributed by atoms with Crippen LogP contribution in [0.25, 0.3) is 0 Å². The van der Waals surface area contributed by atoms with Crippen molar-refractivity contribution in [2.45, 2.75) is 20.3 Å². The van der Waals surface area contributed by atoms with E-state index in [2.05, 4.69) is 35.9 Å². The van der Waals surface area contributed by atoms with Crippen LogP contribution in [-0.2, 0) is 0 Å². The van der Waals surface area contributed by atoms with Gasteiger partial charge in [0.25, 0.3) is 0 Å². The molecule has 7 heavy (non-hydrogen) atoms. The molecule has 0 saturated heterocycles. The summed E-state index contributed by atoms with van der Waals surface area (Å²) in [6, 6.07) is 0. The summed E-state index contributed by atoms with van der Waals surface area (Å²) >= 11 is 3.20. The number of hydrogen-bond acceptors (Lipinski definition) is 0. The predicted molar refractivity (Wildman–Crippen MR) is 37.5 cm³/mol. The molecule has 0 unspecified atom stereocenters. The molecule has 0 rings (SSSR count). The van der Waals surface area contributed by atoms with E-state index in [1.165, 1.54) is 6.42 Å². The lowest BCUT2D eigenvalue weighted by atomic mass is 10.1.